The van der Waals surface area contributed by atoms with E-state index in [-0.39, 0.29) is 24.0 Å². The van der Waals surface area contributed by atoms with Crippen molar-refractivity contribution >= 4 is 12.0 Å². The third-order valence-electron chi connectivity index (χ3n) is 6.05. The van der Waals surface area contributed by atoms with E-state index in [1.165, 1.54) is 7.11 Å². The van der Waals surface area contributed by atoms with Crippen LogP contribution in [0.15, 0.2) is 30.4 Å². The van der Waals surface area contributed by atoms with Gasteiger partial charge >= 0.3 is 5.97 Å². The Labute approximate surface area is 219 Å². The monoisotopic (exact) mass is 522 g/mol. The van der Waals surface area contributed by atoms with Crippen LogP contribution in [-0.2, 0) is 14.2 Å². The predicted octanol–water partition coefficient (Wildman–Crippen LogP) is 4.40. The molecule has 1 saturated heterocycles. The van der Waals surface area contributed by atoms with Gasteiger partial charge in [0.15, 0.2) is 12.6 Å². The molecule has 0 spiro atoms. The van der Waals surface area contributed by atoms with Crippen LogP contribution in [0.1, 0.15) is 69.8 Å². The maximum Gasteiger partial charge on any atom is 0.340 e. The van der Waals surface area contributed by atoms with E-state index in [1.807, 2.05) is 13.8 Å². The number of carboxylic acid groups (broad SMARTS) is 1. The van der Waals surface area contributed by atoms with Crippen LogP contribution in [0.2, 0.25) is 0 Å². The van der Waals surface area contributed by atoms with Crippen molar-refractivity contribution < 1.29 is 43.8 Å². The van der Waals surface area contributed by atoms with Gasteiger partial charge < -0.3 is 39.0 Å². The van der Waals surface area contributed by atoms with E-state index in [2.05, 4.69) is 0 Å². The van der Waals surface area contributed by atoms with Gasteiger partial charge in [-0.15, -0.1) is 0 Å². The van der Waals surface area contributed by atoms with Gasteiger partial charge in [-0.3, -0.25) is 0 Å². The molecule has 0 amide bonds. The van der Waals surface area contributed by atoms with Gasteiger partial charge in [-0.25, -0.2) is 4.79 Å². The minimum atomic E-state index is -1.15. The molecule has 0 aliphatic carbocycles. The highest BCUT2D eigenvalue weighted by Crippen LogP contribution is 2.35. The molecule has 3 N–H and O–H groups in total. The van der Waals surface area contributed by atoms with Crippen LogP contribution in [0.4, 0.5) is 0 Å². The molecule has 1 aromatic rings. The van der Waals surface area contributed by atoms with Crippen molar-refractivity contribution in [1.82, 2.24) is 0 Å². The van der Waals surface area contributed by atoms with Gasteiger partial charge in [0.1, 0.15) is 29.3 Å². The SMILES string of the molecule is CCCCOc1ccc(OCOC)c(C(=O)O)c1/C=C/C[C@H]1OC(C)(C)O[C@@H]1C(O)/C=C\[C@H](C)[C@H](C)O. The van der Waals surface area contributed by atoms with Gasteiger partial charge in [0, 0.05) is 12.7 Å². The van der Waals surface area contributed by atoms with E-state index in [1.54, 1.807) is 57.2 Å². The van der Waals surface area contributed by atoms with Crippen LogP contribution in [0, 0.1) is 5.92 Å². The molecule has 1 heterocycles. The first-order valence-electron chi connectivity index (χ1n) is 12.7. The van der Waals surface area contributed by atoms with E-state index >= 15 is 0 Å². The van der Waals surface area contributed by atoms with Crippen molar-refractivity contribution in [2.75, 3.05) is 20.5 Å². The molecule has 5 atom stereocenters. The second-order valence-corrected chi connectivity index (χ2v) is 9.66. The Morgan fingerprint density at radius 1 is 1.14 bits per heavy atom. The average Bonchev–Trinajstić information content (AvgIpc) is 3.15. The lowest BCUT2D eigenvalue weighted by Crippen LogP contribution is -2.34. The minimum Gasteiger partial charge on any atom is -0.493 e. The predicted molar refractivity (Wildman–Crippen MR) is 140 cm³/mol. The Kier molecular flexibility index (Phi) is 12.1. The molecule has 37 heavy (non-hydrogen) atoms. The molecule has 1 aliphatic rings. The fourth-order valence-corrected chi connectivity index (χ4v) is 3.88. The number of hydrogen-bond donors (Lipinski definition) is 3. The summed E-state index contributed by atoms with van der Waals surface area (Å²) in [6.07, 6.45) is 6.32. The number of ether oxygens (including phenoxy) is 5. The summed E-state index contributed by atoms with van der Waals surface area (Å²) in [5.41, 5.74) is 0.344. The zero-order chi connectivity index (χ0) is 27.6. The van der Waals surface area contributed by atoms with Crippen molar-refractivity contribution in [3.05, 3.63) is 41.5 Å². The fourth-order valence-electron chi connectivity index (χ4n) is 3.88. The quantitative estimate of drug-likeness (QED) is 0.175. The first kappa shape index (κ1) is 30.8. The summed E-state index contributed by atoms with van der Waals surface area (Å²) in [6.45, 7) is 9.50. The third-order valence-corrected chi connectivity index (χ3v) is 6.05. The van der Waals surface area contributed by atoms with Gasteiger partial charge in [0.2, 0.25) is 0 Å². The lowest BCUT2D eigenvalue weighted by molar-refractivity contribution is -0.152. The Balaban J connectivity index is 2.31. The molecule has 0 saturated carbocycles. The van der Waals surface area contributed by atoms with Crippen LogP contribution in [0.5, 0.6) is 11.5 Å². The molecule has 9 nitrogen and oxygen atoms in total. The molecule has 2 rings (SSSR count). The van der Waals surface area contributed by atoms with E-state index in [0.29, 0.717) is 24.3 Å². The molecule has 0 aromatic heterocycles. The molecule has 1 unspecified atom stereocenters. The second kappa shape index (κ2) is 14.5. The topological polar surface area (TPSA) is 124 Å². The molecular formula is C28H42O9. The summed E-state index contributed by atoms with van der Waals surface area (Å²) < 4.78 is 28.3. The number of unbranched alkanes of at least 4 members (excludes halogenated alkanes) is 1. The first-order valence-corrected chi connectivity index (χ1v) is 12.7. The summed E-state index contributed by atoms with van der Waals surface area (Å²) in [6, 6.07) is 3.25. The Hall–Kier alpha value is -2.43. The maximum absolute atomic E-state index is 12.2. The van der Waals surface area contributed by atoms with Gasteiger partial charge in [-0.05, 0) is 51.7 Å². The summed E-state index contributed by atoms with van der Waals surface area (Å²) in [5, 5.41) is 30.5. The van der Waals surface area contributed by atoms with E-state index < -0.39 is 36.2 Å². The molecule has 0 radical (unpaired) electrons. The molecule has 9 heteroatoms. The number of carboxylic acids is 1. The number of methoxy groups -OCH3 is 1. The zero-order valence-corrected chi connectivity index (χ0v) is 22.7. The Morgan fingerprint density at radius 2 is 1.84 bits per heavy atom. The second-order valence-electron chi connectivity index (χ2n) is 9.66. The Bertz CT molecular complexity index is 922. The van der Waals surface area contributed by atoms with E-state index in [9.17, 15) is 20.1 Å². The van der Waals surface area contributed by atoms with Crippen molar-refractivity contribution in [1.29, 1.82) is 0 Å². The van der Waals surface area contributed by atoms with Gasteiger partial charge in [0.25, 0.3) is 0 Å². The van der Waals surface area contributed by atoms with Crippen LogP contribution < -0.4 is 9.47 Å². The van der Waals surface area contributed by atoms with Crippen LogP contribution in [-0.4, -0.2) is 72.0 Å². The number of rotatable bonds is 15. The van der Waals surface area contributed by atoms with Gasteiger partial charge in [0.05, 0.1) is 18.8 Å². The van der Waals surface area contributed by atoms with Crippen LogP contribution >= 0.6 is 0 Å². The molecule has 1 fully saturated rings. The standard InChI is InChI=1S/C28H42O9/c1-7-8-16-34-22-14-15-23(35-17-33-6)25(27(31)32)20(22)10-9-11-24-26(37-28(4,5)36-24)21(30)13-12-18(2)19(3)29/h9-10,12-15,18-19,21,24,26,29-30H,7-8,11,16-17H2,1-6H3,(H,31,32)/b10-9+,13-12-/t18-,19-,21?,24+,26+/m0/s1. The summed E-state index contributed by atoms with van der Waals surface area (Å²) in [5.74, 6) is -1.58. The number of carbonyl (C=O) groups is 1. The van der Waals surface area contributed by atoms with Crippen molar-refractivity contribution in [2.45, 2.75) is 84.1 Å². The van der Waals surface area contributed by atoms with E-state index in [4.69, 9.17) is 23.7 Å². The highest BCUT2D eigenvalue weighted by atomic mass is 16.8. The zero-order valence-electron chi connectivity index (χ0n) is 22.7. The molecule has 1 aliphatic heterocycles. The van der Waals surface area contributed by atoms with Crippen molar-refractivity contribution in [3.8, 4) is 11.5 Å². The highest BCUT2D eigenvalue weighted by Gasteiger charge is 2.43. The van der Waals surface area contributed by atoms with Crippen molar-refractivity contribution in [2.24, 2.45) is 5.92 Å². The highest BCUT2D eigenvalue weighted by molar-refractivity contribution is 5.96. The number of aliphatic hydroxyl groups excluding tert-OH is 2. The smallest absolute Gasteiger partial charge is 0.340 e. The summed E-state index contributed by atoms with van der Waals surface area (Å²) >= 11 is 0. The Morgan fingerprint density at radius 3 is 2.46 bits per heavy atom. The first-order chi connectivity index (χ1) is 17.5. The van der Waals surface area contributed by atoms with Gasteiger partial charge in [-0.1, -0.05) is 44.6 Å². The normalized spacial score (nSPS) is 21.8. The molecule has 0 bridgehead atoms. The lowest BCUT2D eigenvalue weighted by atomic mass is 10.00. The molecule has 208 valence electrons. The molecular weight excluding hydrogens is 480 g/mol. The maximum atomic E-state index is 12.2. The van der Waals surface area contributed by atoms with Crippen molar-refractivity contribution in [3.63, 3.8) is 0 Å². The lowest BCUT2D eigenvalue weighted by Gasteiger charge is -2.20. The van der Waals surface area contributed by atoms with Gasteiger partial charge in [-0.2, -0.15) is 0 Å². The minimum absolute atomic E-state index is 0.0298. The van der Waals surface area contributed by atoms with Crippen LogP contribution in [0.25, 0.3) is 6.08 Å². The summed E-state index contributed by atoms with van der Waals surface area (Å²) in [7, 11) is 1.46. The number of benzene rings is 1. The number of aliphatic hydroxyl groups is 2. The average molecular weight is 523 g/mol. The largest absolute Gasteiger partial charge is 0.493 e. The number of hydrogen-bond acceptors (Lipinski definition) is 8. The van der Waals surface area contributed by atoms with Crippen LogP contribution in [0.3, 0.4) is 0 Å². The fraction of sp³-hybridized carbons (Fsp3) is 0.607. The van der Waals surface area contributed by atoms with E-state index in [0.717, 1.165) is 12.8 Å². The summed E-state index contributed by atoms with van der Waals surface area (Å²) in [4.78, 5) is 12.2. The third kappa shape index (κ3) is 9.12. The molecule has 1 aromatic carbocycles. The number of aromatic carboxylic acids is 1.